The van der Waals surface area contributed by atoms with Crippen molar-refractivity contribution in [2.24, 2.45) is 10.9 Å². The van der Waals surface area contributed by atoms with Crippen molar-refractivity contribution in [1.29, 1.82) is 0 Å². The Morgan fingerprint density at radius 2 is 2.12 bits per heavy atom. The molecule has 0 amide bonds. The summed E-state index contributed by atoms with van der Waals surface area (Å²) in [5.74, 6) is 1.53. The van der Waals surface area contributed by atoms with Crippen molar-refractivity contribution in [3.63, 3.8) is 0 Å². The highest BCUT2D eigenvalue weighted by Crippen LogP contribution is 2.24. The molecule has 1 atom stereocenters. The van der Waals surface area contributed by atoms with E-state index in [0.29, 0.717) is 5.92 Å². The zero-order valence-corrected chi connectivity index (χ0v) is 16.3. The molecule has 1 fully saturated rings. The van der Waals surface area contributed by atoms with Gasteiger partial charge in [0, 0.05) is 56.6 Å². The summed E-state index contributed by atoms with van der Waals surface area (Å²) in [5.41, 5.74) is 1.30. The van der Waals surface area contributed by atoms with Crippen LogP contribution in [0.25, 0.3) is 0 Å². The molecule has 1 aromatic rings. The molecule has 0 spiro atoms. The predicted octanol–water partition coefficient (Wildman–Crippen LogP) is 2.87. The van der Waals surface area contributed by atoms with E-state index < -0.39 is 0 Å². The van der Waals surface area contributed by atoms with Crippen LogP contribution in [-0.2, 0) is 4.74 Å². The molecule has 0 radical (unpaired) electrons. The van der Waals surface area contributed by atoms with Crippen LogP contribution < -0.4 is 15.5 Å². The van der Waals surface area contributed by atoms with Crippen LogP contribution in [0, 0.1) is 5.92 Å². The third-order valence-electron chi connectivity index (χ3n) is 4.22. The molecule has 0 bridgehead atoms. The fraction of sp³-hybridized carbons (Fsp3) is 0.611. The van der Waals surface area contributed by atoms with Crippen molar-refractivity contribution in [3.05, 3.63) is 28.7 Å². The Hall–Kier alpha value is -1.27. The fourth-order valence-corrected chi connectivity index (χ4v) is 3.14. The van der Waals surface area contributed by atoms with E-state index in [1.54, 1.807) is 0 Å². The van der Waals surface area contributed by atoms with E-state index in [1.807, 2.05) is 14.0 Å². The van der Waals surface area contributed by atoms with Gasteiger partial charge in [-0.2, -0.15) is 0 Å². The van der Waals surface area contributed by atoms with Crippen LogP contribution in [0.5, 0.6) is 0 Å². The average molecular weight is 397 g/mol. The minimum absolute atomic E-state index is 0.649. The first-order valence-electron chi connectivity index (χ1n) is 8.75. The van der Waals surface area contributed by atoms with Gasteiger partial charge in [-0.05, 0) is 49.9 Å². The Morgan fingerprint density at radius 3 is 2.83 bits per heavy atom. The lowest BCUT2D eigenvalue weighted by Gasteiger charge is -2.19. The molecule has 24 heavy (non-hydrogen) atoms. The summed E-state index contributed by atoms with van der Waals surface area (Å²) in [6.07, 6.45) is 2.21. The summed E-state index contributed by atoms with van der Waals surface area (Å²) >= 11 is 3.49. The van der Waals surface area contributed by atoms with Crippen LogP contribution in [0.4, 0.5) is 5.69 Å². The Morgan fingerprint density at radius 1 is 1.33 bits per heavy atom. The topological polar surface area (TPSA) is 48.9 Å². The summed E-state index contributed by atoms with van der Waals surface area (Å²) in [7, 11) is 1.82. The first kappa shape index (κ1) is 19.1. The SMILES string of the molecule is CCOCCCNC(=NC)NCC1CCN(c2ccc(Br)cc2)C1. The number of benzene rings is 1. The van der Waals surface area contributed by atoms with Crippen molar-refractivity contribution in [2.75, 3.05) is 51.3 Å². The number of guanidine groups is 1. The molecule has 1 saturated heterocycles. The summed E-state index contributed by atoms with van der Waals surface area (Å²) in [6, 6.07) is 8.57. The van der Waals surface area contributed by atoms with Gasteiger partial charge >= 0.3 is 0 Å². The number of ether oxygens (including phenoxy) is 1. The van der Waals surface area contributed by atoms with E-state index >= 15 is 0 Å². The summed E-state index contributed by atoms with van der Waals surface area (Å²) in [5, 5.41) is 6.79. The molecule has 2 N–H and O–H groups in total. The molecule has 5 nitrogen and oxygen atoms in total. The maximum atomic E-state index is 5.34. The monoisotopic (exact) mass is 396 g/mol. The number of hydrogen-bond donors (Lipinski definition) is 2. The molecule has 0 aliphatic carbocycles. The second-order valence-electron chi connectivity index (χ2n) is 6.01. The standard InChI is InChI=1S/C18H29BrN4O/c1-3-24-12-4-10-21-18(20-2)22-13-15-9-11-23(14-15)17-7-5-16(19)6-8-17/h5-8,15H,3-4,9-14H2,1-2H3,(H2,20,21,22). The van der Waals surface area contributed by atoms with Crippen LogP contribution in [0.15, 0.2) is 33.7 Å². The number of aliphatic imine (C=N–C) groups is 1. The van der Waals surface area contributed by atoms with E-state index in [1.165, 1.54) is 12.1 Å². The number of hydrogen-bond acceptors (Lipinski definition) is 3. The van der Waals surface area contributed by atoms with E-state index in [4.69, 9.17) is 4.74 Å². The predicted molar refractivity (Wildman–Crippen MR) is 105 cm³/mol. The molecule has 1 aliphatic rings. The van der Waals surface area contributed by atoms with Gasteiger partial charge in [-0.1, -0.05) is 15.9 Å². The lowest BCUT2D eigenvalue weighted by molar-refractivity contribution is 0.145. The molecule has 1 unspecified atom stereocenters. The second kappa shape index (κ2) is 10.6. The normalized spacial score (nSPS) is 18.0. The molecule has 0 aromatic heterocycles. The van der Waals surface area contributed by atoms with Crippen molar-refractivity contribution in [2.45, 2.75) is 19.8 Å². The lowest BCUT2D eigenvalue weighted by Crippen LogP contribution is -2.40. The van der Waals surface area contributed by atoms with E-state index in [9.17, 15) is 0 Å². The van der Waals surface area contributed by atoms with Crippen molar-refractivity contribution in [1.82, 2.24) is 10.6 Å². The van der Waals surface area contributed by atoms with E-state index in [-0.39, 0.29) is 0 Å². The minimum atomic E-state index is 0.649. The summed E-state index contributed by atoms with van der Waals surface area (Å²) < 4.78 is 6.47. The van der Waals surface area contributed by atoms with Crippen molar-refractivity contribution in [3.8, 4) is 0 Å². The first-order chi connectivity index (χ1) is 11.7. The van der Waals surface area contributed by atoms with Gasteiger partial charge in [0.25, 0.3) is 0 Å². The Kier molecular flexibility index (Phi) is 8.39. The zero-order valence-electron chi connectivity index (χ0n) is 14.7. The molecule has 1 aromatic carbocycles. The number of nitrogens with one attached hydrogen (secondary N) is 2. The molecule has 1 aliphatic heterocycles. The second-order valence-corrected chi connectivity index (χ2v) is 6.92. The summed E-state index contributed by atoms with van der Waals surface area (Å²) in [4.78, 5) is 6.74. The number of halogens is 1. The lowest BCUT2D eigenvalue weighted by atomic mass is 10.1. The molecule has 0 saturated carbocycles. The molecule has 1 heterocycles. The Balaban J connectivity index is 1.67. The highest BCUT2D eigenvalue weighted by atomic mass is 79.9. The third kappa shape index (κ3) is 6.32. The van der Waals surface area contributed by atoms with Gasteiger partial charge in [0.05, 0.1) is 0 Å². The van der Waals surface area contributed by atoms with Crippen LogP contribution >= 0.6 is 15.9 Å². The molecule has 6 heteroatoms. The Bertz CT molecular complexity index is 506. The minimum Gasteiger partial charge on any atom is -0.382 e. The molecular formula is C18H29BrN4O. The van der Waals surface area contributed by atoms with Crippen molar-refractivity contribution >= 4 is 27.6 Å². The number of rotatable bonds is 8. The molecular weight excluding hydrogens is 368 g/mol. The van der Waals surface area contributed by atoms with Crippen LogP contribution in [-0.4, -0.2) is 52.4 Å². The van der Waals surface area contributed by atoms with Crippen molar-refractivity contribution < 1.29 is 4.74 Å². The van der Waals surface area contributed by atoms with Gasteiger partial charge < -0.3 is 20.3 Å². The molecule has 134 valence electrons. The zero-order chi connectivity index (χ0) is 17.2. The van der Waals surface area contributed by atoms with Gasteiger partial charge in [0.2, 0.25) is 0 Å². The van der Waals surface area contributed by atoms with E-state index in [2.05, 4.69) is 60.7 Å². The molecule has 2 rings (SSSR count). The van der Waals surface area contributed by atoms with Crippen LogP contribution in [0.2, 0.25) is 0 Å². The maximum absolute atomic E-state index is 5.34. The van der Waals surface area contributed by atoms with Crippen LogP contribution in [0.1, 0.15) is 19.8 Å². The maximum Gasteiger partial charge on any atom is 0.190 e. The van der Waals surface area contributed by atoms with Gasteiger partial charge in [0.15, 0.2) is 5.96 Å². The third-order valence-corrected chi connectivity index (χ3v) is 4.75. The van der Waals surface area contributed by atoms with Gasteiger partial charge in [0.1, 0.15) is 0 Å². The highest BCUT2D eigenvalue weighted by molar-refractivity contribution is 9.10. The van der Waals surface area contributed by atoms with Gasteiger partial charge in [-0.3, -0.25) is 4.99 Å². The fourth-order valence-electron chi connectivity index (χ4n) is 2.87. The first-order valence-corrected chi connectivity index (χ1v) is 9.55. The number of anilines is 1. The van der Waals surface area contributed by atoms with E-state index in [0.717, 1.165) is 56.2 Å². The quantitative estimate of drug-likeness (QED) is 0.402. The smallest absolute Gasteiger partial charge is 0.190 e. The average Bonchev–Trinajstić information content (AvgIpc) is 3.07. The summed E-state index contributed by atoms with van der Waals surface area (Å²) in [6.45, 7) is 7.65. The van der Waals surface area contributed by atoms with Gasteiger partial charge in [-0.25, -0.2) is 0 Å². The highest BCUT2D eigenvalue weighted by Gasteiger charge is 2.22. The van der Waals surface area contributed by atoms with Crippen LogP contribution in [0.3, 0.4) is 0 Å². The Labute approximate surface area is 154 Å². The number of nitrogens with zero attached hydrogens (tertiary/aromatic N) is 2. The van der Waals surface area contributed by atoms with Gasteiger partial charge in [-0.15, -0.1) is 0 Å². The largest absolute Gasteiger partial charge is 0.382 e.